The molecule has 0 fully saturated rings. The van der Waals surface area contributed by atoms with Crippen LogP contribution >= 0.6 is 11.3 Å². The van der Waals surface area contributed by atoms with Gasteiger partial charge in [0.1, 0.15) is 9.77 Å². The van der Waals surface area contributed by atoms with Gasteiger partial charge in [0, 0.05) is 0 Å². The fourth-order valence-corrected chi connectivity index (χ4v) is 4.46. The average Bonchev–Trinajstić information content (AvgIpc) is 2.91. The van der Waals surface area contributed by atoms with E-state index in [1.165, 1.54) is 11.4 Å². The van der Waals surface area contributed by atoms with Crippen LogP contribution in [0.5, 0.6) is 0 Å². The maximum absolute atomic E-state index is 12.4. The number of carboxylic acids is 1. The van der Waals surface area contributed by atoms with E-state index in [0.717, 1.165) is 22.5 Å². The van der Waals surface area contributed by atoms with E-state index in [1.807, 2.05) is 32.0 Å². The quantitative estimate of drug-likeness (QED) is 0.884. The molecule has 0 unspecified atom stereocenters. The molecule has 0 saturated carbocycles. The third-order valence-electron chi connectivity index (χ3n) is 3.09. The minimum atomic E-state index is -3.92. The lowest BCUT2D eigenvalue weighted by atomic mass is 10.1. The van der Waals surface area contributed by atoms with Gasteiger partial charge in [-0.25, -0.2) is 13.2 Å². The summed E-state index contributed by atoms with van der Waals surface area (Å²) in [6.45, 7) is 3.74. The molecule has 7 heteroatoms. The van der Waals surface area contributed by atoms with Crippen molar-refractivity contribution in [2.24, 2.45) is 0 Å². The minimum absolute atomic E-state index is 0.186. The summed E-state index contributed by atoms with van der Waals surface area (Å²) in [5.41, 5.74) is 2.18. The van der Waals surface area contributed by atoms with E-state index in [9.17, 15) is 13.2 Å². The Balaban J connectivity index is 2.48. The average molecular weight is 325 g/mol. The van der Waals surface area contributed by atoms with Gasteiger partial charge in [-0.2, -0.15) is 0 Å². The number of sulfonamides is 1. The van der Waals surface area contributed by atoms with Gasteiger partial charge in [0.05, 0.1) is 5.69 Å². The Morgan fingerprint density at radius 3 is 2.67 bits per heavy atom. The van der Waals surface area contributed by atoms with Gasteiger partial charge in [0.2, 0.25) is 0 Å². The molecule has 0 bridgehead atoms. The van der Waals surface area contributed by atoms with Gasteiger partial charge < -0.3 is 5.11 Å². The second-order valence-corrected chi connectivity index (χ2v) is 7.05. The molecule has 21 heavy (non-hydrogen) atoms. The minimum Gasteiger partial charge on any atom is -0.477 e. The zero-order chi connectivity index (χ0) is 15.6. The maximum Gasteiger partial charge on any atom is 0.347 e. The molecule has 1 aromatic carbocycles. The number of rotatable bonds is 5. The first-order valence-corrected chi connectivity index (χ1v) is 8.65. The summed E-state index contributed by atoms with van der Waals surface area (Å²) in [6.07, 6.45) is 0.676. The van der Waals surface area contributed by atoms with E-state index in [-0.39, 0.29) is 9.77 Å². The molecule has 0 spiro atoms. The highest BCUT2D eigenvalue weighted by atomic mass is 32.2. The number of para-hydroxylation sites is 1. The van der Waals surface area contributed by atoms with Crippen molar-refractivity contribution in [3.8, 4) is 0 Å². The van der Waals surface area contributed by atoms with E-state index in [1.54, 1.807) is 0 Å². The van der Waals surface area contributed by atoms with Gasteiger partial charge in [-0.05, 0) is 35.9 Å². The third-order valence-corrected chi connectivity index (χ3v) is 5.51. The summed E-state index contributed by atoms with van der Waals surface area (Å²) in [7, 11) is -3.92. The standard InChI is InChI=1S/C14H15NO4S2/c1-3-10-6-4-5-9(2)12(10)15-21(18,19)11-7-8-20-13(11)14(16)17/h4-8,15H,3H2,1-2H3,(H,16,17). The first kappa shape index (κ1) is 15.5. The molecule has 2 N–H and O–H groups in total. The van der Waals surface area contributed by atoms with E-state index in [4.69, 9.17) is 5.11 Å². The highest BCUT2D eigenvalue weighted by Crippen LogP contribution is 2.28. The van der Waals surface area contributed by atoms with Crippen LogP contribution in [0.4, 0.5) is 5.69 Å². The van der Waals surface area contributed by atoms with Gasteiger partial charge >= 0.3 is 5.97 Å². The van der Waals surface area contributed by atoms with Crippen LogP contribution in [0.1, 0.15) is 27.7 Å². The topological polar surface area (TPSA) is 83.5 Å². The van der Waals surface area contributed by atoms with Crippen LogP contribution in [0.3, 0.4) is 0 Å². The number of carbonyl (C=O) groups is 1. The molecule has 112 valence electrons. The SMILES string of the molecule is CCc1cccc(C)c1NS(=O)(=O)c1ccsc1C(=O)O. The molecule has 0 aliphatic heterocycles. The molecular weight excluding hydrogens is 310 g/mol. The Bertz CT molecular complexity index is 778. The van der Waals surface area contributed by atoms with Crippen LogP contribution in [0.2, 0.25) is 0 Å². The Morgan fingerprint density at radius 1 is 1.33 bits per heavy atom. The number of thiophene rings is 1. The van der Waals surface area contributed by atoms with E-state index in [2.05, 4.69) is 4.72 Å². The number of hydrogen-bond donors (Lipinski definition) is 2. The monoisotopic (exact) mass is 325 g/mol. The lowest BCUT2D eigenvalue weighted by molar-refractivity contribution is 0.0698. The Hall–Kier alpha value is -1.86. The van der Waals surface area contributed by atoms with Gasteiger partial charge in [-0.3, -0.25) is 4.72 Å². The zero-order valence-corrected chi connectivity index (χ0v) is 13.2. The summed E-state index contributed by atoms with van der Waals surface area (Å²) in [5, 5.41) is 10.5. The predicted molar refractivity (Wildman–Crippen MR) is 82.6 cm³/mol. The summed E-state index contributed by atoms with van der Waals surface area (Å²) in [4.78, 5) is 10.7. The molecule has 1 heterocycles. The number of aromatic carboxylic acids is 1. The zero-order valence-electron chi connectivity index (χ0n) is 11.6. The van der Waals surface area contributed by atoms with Crippen molar-refractivity contribution in [1.29, 1.82) is 0 Å². The molecule has 0 radical (unpaired) electrons. The molecule has 0 amide bonds. The number of carboxylic acid groups (broad SMARTS) is 1. The molecule has 5 nitrogen and oxygen atoms in total. The highest BCUT2D eigenvalue weighted by Gasteiger charge is 2.24. The lowest BCUT2D eigenvalue weighted by Gasteiger charge is -2.14. The van der Waals surface area contributed by atoms with Crippen molar-refractivity contribution in [2.75, 3.05) is 4.72 Å². The molecule has 0 atom stereocenters. The molecule has 0 aliphatic rings. The van der Waals surface area contributed by atoms with Crippen LogP contribution in [-0.4, -0.2) is 19.5 Å². The fraction of sp³-hybridized carbons (Fsp3) is 0.214. The lowest BCUT2D eigenvalue weighted by Crippen LogP contribution is -2.17. The number of aryl methyl sites for hydroxylation is 2. The van der Waals surface area contributed by atoms with Crippen LogP contribution in [-0.2, 0) is 16.4 Å². The first-order valence-electron chi connectivity index (χ1n) is 6.29. The number of benzene rings is 1. The molecule has 2 aromatic rings. The van der Waals surface area contributed by atoms with Crippen molar-refractivity contribution < 1.29 is 18.3 Å². The summed E-state index contributed by atoms with van der Waals surface area (Å²) >= 11 is 0.891. The van der Waals surface area contributed by atoms with Crippen LogP contribution in [0.25, 0.3) is 0 Å². The van der Waals surface area contributed by atoms with Crippen LogP contribution < -0.4 is 4.72 Å². The van der Waals surface area contributed by atoms with E-state index >= 15 is 0 Å². The second kappa shape index (κ2) is 5.87. The van der Waals surface area contributed by atoms with Crippen molar-refractivity contribution in [2.45, 2.75) is 25.2 Å². The number of anilines is 1. The van der Waals surface area contributed by atoms with Crippen LogP contribution in [0, 0.1) is 6.92 Å². The van der Waals surface area contributed by atoms with Crippen molar-refractivity contribution in [3.63, 3.8) is 0 Å². The molecule has 0 saturated heterocycles. The number of nitrogens with one attached hydrogen (secondary N) is 1. The van der Waals surface area contributed by atoms with Gasteiger partial charge in [-0.15, -0.1) is 11.3 Å². The fourth-order valence-electron chi connectivity index (χ4n) is 2.02. The smallest absolute Gasteiger partial charge is 0.347 e. The summed E-state index contributed by atoms with van der Waals surface area (Å²) in [5.74, 6) is -1.24. The van der Waals surface area contributed by atoms with Crippen molar-refractivity contribution in [1.82, 2.24) is 0 Å². The first-order chi connectivity index (χ1) is 9.86. The maximum atomic E-state index is 12.4. The summed E-state index contributed by atoms with van der Waals surface area (Å²) < 4.78 is 27.4. The number of hydrogen-bond acceptors (Lipinski definition) is 4. The Kier molecular flexibility index (Phi) is 4.34. The largest absolute Gasteiger partial charge is 0.477 e. The van der Waals surface area contributed by atoms with Crippen LogP contribution in [0.15, 0.2) is 34.5 Å². The molecule has 2 rings (SSSR count). The normalized spacial score (nSPS) is 11.3. The van der Waals surface area contributed by atoms with Gasteiger partial charge in [-0.1, -0.05) is 25.1 Å². The van der Waals surface area contributed by atoms with Crippen molar-refractivity contribution in [3.05, 3.63) is 45.6 Å². The molecule has 1 aromatic heterocycles. The Labute approximate surface area is 127 Å². The Morgan fingerprint density at radius 2 is 2.05 bits per heavy atom. The highest BCUT2D eigenvalue weighted by molar-refractivity contribution is 7.93. The molecular formula is C14H15NO4S2. The van der Waals surface area contributed by atoms with Gasteiger partial charge in [0.25, 0.3) is 10.0 Å². The van der Waals surface area contributed by atoms with E-state index < -0.39 is 16.0 Å². The van der Waals surface area contributed by atoms with E-state index in [0.29, 0.717) is 12.1 Å². The molecule has 0 aliphatic carbocycles. The third kappa shape index (κ3) is 3.08. The second-order valence-electron chi connectivity index (χ2n) is 4.49. The van der Waals surface area contributed by atoms with Crippen molar-refractivity contribution >= 4 is 33.0 Å². The summed E-state index contributed by atoms with van der Waals surface area (Å²) in [6, 6.07) is 6.82. The predicted octanol–water partition coefficient (Wildman–Crippen LogP) is 3.12. The van der Waals surface area contributed by atoms with Gasteiger partial charge in [0.15, 0.2) is 0 Å².